The molecule has 0 radical (unpaired) electrons. The number of aliphatic hydroxyl groups is 1. The minimum atomic E-state index is -0.778. The van der Waals surface area contributed by atoms with Crippen molar-refractivity contribution in [1.82, 2.24) is 4.90 Å². The van der Waals surface area contributed by atoms with Crippen LogP contribution in [0, 0.1) is 0 Å². The summed E-state index contributed by atoms with van der Waals surface area (Å²) in [5, 5.41) is 9.58. The lowest BCUT2D eigenvalue weighted by Gasteiger charge is -2.27. The van der Waals surface area contributed by atoms with Gasteiger partial charge in [-0.2, -0.15) is 0 Å². The number of aliphatic hydroxyl groups excluding tert-OH is 1. The van der Waals surface area contributed by atoms with E-state index in [0.717, 1.165) is 96.6 Å². The summed E-state index contributed by atoms with van der Waals surface area (Å²) in [4.78, 5) is 39.9. The summed E-state index contributed by atoms with van der Waals surface area (Å²) in [5.74, 6) is -0.795. The van der Waals surface area contributed by atoms with E-state index in [4.69, 9.17) is 14.2 Å². The Bertz CT molecular complexity index is 852. The van der Waals surface area contributed by atoms with E-state index in [0.29, 0.717) is 25.8 Å². The fourth-order valence-corrected chi connectivity index (χ4v) is 7.43. The fourth-order valence-electron chi connectivity index (χ4n) is 7.43. The van der Waals surface area contributed by atoms with Gasteiger partial charge in [0.15, 0.2) is 12.2 Å². The molecule has 1 heterocycles. The van der Waals surface area contributed by atoms with Crippen LogP contribution in [0.2, 0.25) is 0 Å². The molecule has 1 fully saturated rings. The highest BCUT2D eigenvalue weighted by atomic mass is 16.6. The van der Waals surface area contributed by atoms with Gasteiger partial charge in [-0.15, -0.1) is 0 Å². The van der Waals surface area contributed by atoms with Crippen molar-refractivity contribution >= 4 is 17.9 Å². The second kappa shape index (κ2) is 36.0. The first-order valence-corrected chi connectivity index (χ1v) is 22.9. The van der Waals surface area contributed by atoms with Crippen molar-refractivity contribution in [3.05, 3.63) is 0 Å². The first kappa shape index (κ1) is 49.3. The molecule has 0 amide bonds. The molecule has 8 heteroatoms. The molecular weight excluding hydrogens is 666 g/mol. The molecule has 1 rings (SSSR count). The summed E-state index contributed by atoms with van der Waals surface area (Å²) >= 11 is 0. The number of hydrogen-bond donors (Lipinski definition) is 1. The average molecular weight is 752 g/mol. The quantitative estimate of drug-likeness (QED) is 0.0376. The molecule has 8 nitrogen and oxygen atoms in total. The van der Waals surface area contributed by atoms with Gasteiger partial charge in [0, 0.05) is 13.0 Å². The van der Waals surface area contributed by atoms with Gasteiger partial charge in [0.05, 0.1) is 6.61 Å². The SMILES string of the molecule is CCCCCCCCCC1OC(=O)C(CCCCCN(CCO)CCCCCCCC(=O)OC(CCCCCCCC)CCCCCCCC)OC1=O. The van der Waals surface area contributed by atoms with Crippen molar-refractivity contribution in [3.63, 3.8) is 0 Å². The monoisotopic (exact) mass is 752 g/mol. The highest BCUT2D eigenvalue weighted by molar-refractivity contribution is 5.87. The molecule has 1 saturated heterocycles. The number of unbranched alkanes of at least 4 members (excludes halogenated alkanes) is 22. The molecule has 0 aromatic rings. The summed E-state index contributed by atoms with van der Waals surface area (Å²) in [6, 6.07) is 0. The molecule has 2 unspecified atom stereocenters. The predicted octanol–water partition coefficient (Wildman–Crippen LogP) is 11.6. The van der Waals surface area contributed by atoms with Crippen molar-refractivity contribution in [2.75, 3.05) is 26.2 Å². The van der Waals surface area contributed by atoms with Crippen LogP contribution in [0.4, 0.5) is 0 Å². The van der Waals surface area contributed by atoms with Crippen LogP contribution in [0.15, 0.2) is 0 Å². The average Bonchev–Trinajstić information content (AvgIpc) is 3.14. The maximum absolute atomic E-state index is 12.7. The summed E-state index contributed by atoms with van der Waals surface area (Å²) in [6.07, 6.45) is 33.4. The maximum atomic E-state index is 12.7. The van der Waals surface area contributed by atoms with Gasteiger partial charge in [0.1, 0.15) is 6.10 Å². The number of ether oxygens (including phenoxy) is 3. The van der Waals surface area contributed by atoms with Crippen LogP contribution in [0.25, 0.3) is 0 Å². The number of carbonyl (C=O) groups is 3. The Labute approximate surface area is 326 Å². The van der Waals surface area contributed by atoms with Crippen LogP contribution in [-0.2, 0) is 28.6 Å². The molecule has 0 aromatic carbocycles. The number of esters is 3. The fraction of sp³-hybridized carbons (Fsp3) is 0.933. The molecule has 1 N–H and O–H groups in total. The molecule has 1 aliphatic rings. The van der Waals surface area contributed by atoms with E-state index in [-0.39, 0.29) is 24.6 Å². The summed E-state index contributed by atoms with van der Waals surface area (Å²) in [7, 11) is 0. The van der Waals surface area contributed by atoms with Crippen molar-refractivity contribution in [2.45, 2.75) is 245 Å². The second-order valence-corrected chi connectivity index (χ2v) is 15.9. The third-order valence-electron chi connectivity index (χ3n) is 10.9. The van der Waals surface area contributed by atoms with Gasteiger partial charge < -0.3 is 24.2 Å². The molecule has 2 atom stereocenters. The number of carbonyl (C=O) groups excluding carboxylic acids is 3. The largest absolute Gasteiger partial charge is 0.462 e. The minimum Gasteiger partial charge on any atom is -0.462 e. The van der Waals surface area contributed by atoms with E-state index in [1.54, 1.807) is 0 Å². The van der Waals surface area contributed by atoms with Crippen molar-refractivity contribution < 1.29 is 33.7 Å². The van der Waals surface area contributed by atoms with Gasteiger partial charge in [-0.05, 0) is 83.7 Å². The minimum absolute atomic E-state index is 0.0115. The molecule has 0 saturated carbocycles. The van der Waals surface area contributed by atoms with E-state index in [1.807, 2.05) is 0 Å². The number of nitrogens with zero attached hydrogens (tertiary/aromatic N) is 1. The first-order valence-electron chi connectivity index (χ1n) is 22.9. The molecule has 1 aliphatic heterocycles. The van der Waals surface area contributed by atoms with Crippen LogP contribution >= 0.6 is 0 Å². The van der Waals surface area contributed by atoms with Crippen molar-refractivity contribution in [1.29, 1.82) is 0 Å². The highest BCUT2D eigenvalue weighted by Crippen LogP contribution is 2.21. The maximum Gasteiger partial charge on any atom is 0.348 e. The Balaban J connectivity index is 2.18. The third-order valence-corrected chi connectivity index (χ3v) is 10.9. The number of rotatable bonds is 39. The first-order chi connectivity index (χ1) is 25.9. The van der Waals surface area contributed by atoms with Gasteiger partial charge >= 0.3 is 17.9 Å². The van der Waals surface area contributed by atoms with Gasteiger partial charge in [0.25, 0.3) is 0 Å². The van der Waals surface area contributed by atoms with E-state index < -0.39 is 18.2 Å². The second-order valence-electron chi connectivity index (χ2n) is 15.9. The van der Waals surface area contributed by atoms with Crippen LogP contribution in [0.3, 0.4) is 0 Å². The number of cyclic esters (lactones) is 2. The third kappa shape index (κ3) is 28.4. The van der Waals surface area contributed by atoms with Crippen LogP contribution in [0.1, 0.15) is 226 Å². The molecule has 312 valence electrons. The predicted molar refractivity (Wildman–Crippen MR) is 218 cm³/mol. The van der Waals surface area contributed by atoms with Gasteiger partial charge in [0.2, 0.25) is 0 Å². The molecule has 0 aliphatic carbocycles. The van der Waals surface area contributed by atoms with Gasteiger partial charge in [-0.1, -0.05) is 149 Å². The van der Waals surface area contributed by atoms with Gasteiger partial charge in [-0.25, -0.2) is 9.59 Å². The Morgan fingerprint density at radius 3 is 1.38 bits per heavy atom. The summed E-state index contributed by atoms with van der Waals surface area (Å²) in [5.41, 5.74) is 0. The molecule has 53 heavy (non-hydrogen) atoms. The zero-order chi connectivity index (χ0) is 38.6. The van der Waals surface area contributed by atoms with E-state index >= 15 is 0 Å². The van der Waals surface area contributed by atoms with E-state index in [1.165, 1.54) is 103 Å². The Hall–Kier alpha value is -1.67. The van der Waals surface area contributed by atoms with Gasteiger partial charge in [-0.3, -0.25) is 4.79 Å². The van der Waals surface area contributed by atoms with Crippen molar-refractivity contribution in [2.24, 2.45) is 0 Å². The normalized spacial score (nSPS) is 16.0. The Morgan fingerprint density at radius 2 is 0.925 bits per heavy atom. The lowest BCUT2D eigenvalue weighted by atomic mass is 10.0. The standard InChI is InChI=1S/C45H85NO7/c1-4-7-10-13-16-20-26-33-41-44(49)53-42(45(50)52-41)34-27-23-30-37-46(38-39-47)36-29-22-17-21-28-35-43(48)51-40(31-24-18-14-11-8-5-2)32-25-19-15-12-9-6-3/h40-42,47H,4-39H2,1-3H3. The van der Waals surface area contributed by atoms with Crippen LogP contribution in [-0.4, -0.2) is 72.5 Å². The summed E-state index contributed by atoms with van der Waals surface area (Å²) < 4.78 is 17.0. The highest BCUT2D eigenvalue weighted by Gasteiger charge is 2.37. The molecular formula is C45H85NO7. The van der Waals surface area contributed by atoms with Crippen LogP contribution in [0.5, 0.6) is 0 Å². The number of hydrogen-bond acceptors (Lipinski definition) is 8. The Morgan fingerprint density at radius 1 is 0.547 bits per heavy atom. The smallest absolute Gasteiger partial charge is 0.348 e. The Kier molecular flexibility index (Phi) is 33.5. The zero-order valence-electron chi connectivity index (χ0n) is 35.0. The lowest BCUT2D eigenvalue weighted by molar-refractivity contribution is -0.196. The topological polar surface area (TPSA) is 102 Å². The van der Waals surface area contributed by atoms with Crippen LogP contribution < -0.4 is 0 Å². The van der Waals surface area contributed by atoms with Crippen molar-refractivity contribution in [3.8, 4) is 0 Å². The molecule has 0 aromatic heterocycles. The lowest BCUT2D eigenvalue weighted by Crippen LogP contribution is -2.44. The molecule has 0 spiro atoms. The van der Waals surface area contributed by atoms with E-state index in [2.05, 4.69) is 25.7 Å². The summed E-state index contributed by atoms with van der Waals surface area (Å²) in [6.45, 7) is 9.38. The molecule has 0 bridgehead atoms. The zero-order valence-corrected chi connectivity index (χ0v) is 35.0. The van der Waals surface area contributed by atoms with E-state index in [9.17, 15) is 19.5 Å².